The van der Waals surface area contributed by atoms with Gasteiger partial charge in [-0.15, -0.1) is 12.4 Å². The van der Waals surface area contributed by atoms with Gasteiger partial charge < -0.3 is 15.8 Å². The first-order valence-electron chi connectivity index (χ1n) is 7.10. The van der Waals surface area contributed by atoms with Gasteiger partial charge in [0.05, 0.1) is 17.5 Å². The highest BCUT2D eigenvalue weighted by Crippen LogP contribution is 2.29. The molecule has 1 amide bonds. The Bertz CT molecular complexity index is 483. The third-order valence-electron chi connectivity index (χ3n) is 3.57. The highest BCUT2D eigenvalue weighted by atomic mass is 35.5. The molecule has 0 saturated heterocycles. The number of rotatable bonds is 5. The number of hydrogen-bond acceptors (Lipinski definition) is 3. The van der Waals surface area contributed by atoms with Crippen molar-refractivity contribution >= 4 is 35.6 Å². The smallest absolute Gasteiger partial charge is 0.229 e. The summed E-state index contributed by atoms with van der Waals surface area (Å²) in [4.78, 5) is 12.1. The SMILES string of the molecule is CCCOc1ccc(NC(=O)C2CCCC2N)cc1Cl.Cl. The number of anilines is 1. The van der Waals surface area contributed by atoms with Gasteiger partial charge in [-0.3, -0.25) is 4.79 Å². The molecule has 0 spiro atoms. The fourth-order valence-corrected chi connectivity index (χ4v) is 2.69. The van der Waals surface area contributed by atoms with Crippen LogP contribution in [0.15, 0.2) is 18.2 Å². The van der Waals surface area contributed by atoms with Gasteiger partial charge in [0, 0.05) is 11.7 Å². The van der Waals surface area contributed by atoms with Crippen molar-refractivity contribution in [3.8, 4) is 5.75 Å². The molecule has 2 unspecified atom stereocenters. The lowest BCUT2D eigenvalue weighted by molar-refractivity contribution is -0.120. The molecule has 0 aliphatic heterocycles. The van der Waals surface area contributed by atoms with Crippen LogP contribution in [0.25, 0.3) is 0 Å². The lowest BCUT2D eigenvalue weighted by Crippen LogP contribution is -2.34. The number of amides is 1. The summed E-state index contributed by atoms with van der Waals surface area (Å²) < 4.78 is 5.50. The van der Waals surface area contributed by atoms with Gasteiger partial charge in [-0.1, -0.05) is 24.9 Å². The molecule has 1 aliphatic carbocycles. The van der Waals surface area contributed by atoms with Crippen LogP contribution >= 0.6 is 24.0 Å². The number of halogens is 2. The standard InChI is InChI=1S/C15H21ClN2O2.ClH/c1-2-8-20-14-7-6-10(9-12(14)16)18-15(19)11-4-3-5-13(11)17;/h6-7,9,11,13H,2-5,8,17H2,1H3,(H,18,19);1H. The minimum Gasteiger partial charge on any atom is -0.492 e. The van der Waals surface area contributed by atoms with Gasteiger partial charge in [-0.05, 0) is 37.5 Å². The van der Waals surface area contributed by atoms with Gasteiger partial charge in [0.1, 0.15) is 5.75 Å². The van der Waals surface area contributed by atoms with E-state index in [1.54, 1.807) is 18.2 Å². The van der Waals surface area contributed by atoms with Crippen molar-refractivity contribution in [3.05, 3.63) is 23.2 Å². The Labute approximate surface area is 136 Å². The highest BCUT2D eigenvalue weighted by molar-refractivity contribution is 6.32. The lowest BCUT2D eigenvalue weighted by atomic mass is 10.0. The Morgan fingerprint density at radius 2 is 2.24 bits per heavy atom. The second-order valence-electron chi connectivity index (χ2n) is 5.18. The Hall–Kier alpha value is -0.970. The molecule has 6 heteroatoms. The van der Waals surface area contributed by atoms with Crippen LogP contribution in [0, 0.1) is 5.92 Å². The van der Waals surface area contributed by atoms with Crippen LogP contribution in [0.3, 0.4) is 0 Å². The number of carbonyl (C=O) groups is 1. The zero-order valence-electron chi connectivity index (χ0n) is 12.1. The Morgan fingerprint density at radius 3 is 2.81 bits per heavy atom. The van der Waals surface area contributed by atoms with Gasteiger partial charge in [-0.25, -0.2) is 0 Å². The predicted molar refractivity (Wildman–Crippen MR) is 88.4 cm³/mol. The first-order chi connectivity index (χ1) is 9.61. The van der Waals surface area contributed by atoms with Gasteiger partial charge in [0.25, 0.3) is 0 Å². The largest absolute Gasteiger partial charge is 0.492 e. The van der Waals surface area contributed by atoms with E-state index in [0.29, 0.717) is 23.1 Å². The molecule has 0 heterocycles. The van der Waals surface area contributed by atoms with Crippen LogP contribution in [0.4, 0.5) is 5.69 Å². The van der Waals surface area contributed by atoms with Crippen molar-refractivity contribution < 1.29 is 9.53 Å². The molecule has 0 bridgehead atoms. The third kappa shape index (κ3) is 4.77. The van der Waals surface area contributed by atoms with Gasteiger partial charge in [0.2, 0.25) is 5.91 Å². The second-order valence-corrected chi connectivity index (χ2v) is 5.59. The maximum Gasteiger partial charge on any atom is 0.229 e. The number of nitrogens with one attached hydrogen (secondary N) is 1. The Morgan fingerprint density at radius 1 is 1.48 bits per heavy atom. The quantitative estimate of drug-likeness (QED) is 0.865. The van der Waals surface area contributed by atoms with Crippen molar-refractivity contribution in [1.29, 1.82) is 0 Å². The minimum atomic E-state index is -0.0928. The maximum absolute atomic E-state index is 12.1. The molecule has 4 nitrogen and oxygen atoms in total. The molecule has 2 atom stereocenters. The van der Waals surface area contributed by atoms with E-state index in [-0.39, 0.29) is 30.3 Å². The molecule has 1 saturated carbocycles. The van der Waals surface area contributed by atoms with Gasteiger partial charge in [-0.2, -0.15) is 0 Å². The Balaban J connectivity index is 0.00000220. The van der Waals surface area contributed by atoms with Crippen molar-refractivity contribution in [2.75, 3.05) is 11.9 Å². The van der Waals surface area contributed by atoms with E-state index in [1.165, 1.54) is 0 Å². The van der Waals surface area contributed by atoms with Crippen molar-refractivity contribution in [2.24, 2.45) is 11.7 Å². The van der Waals surface area contributed by atoms with Crippen LogP contribution in [-0.2, 0) is 4.79 Å². The first kappa shape index (κ1) is 18.1. The monoisotopic (exact) mass is 332 g/mol. The van der Waals surface area contributed by atoms with Crippen molar-refractivity contribution in [3.63, 3.8) is 0 Å². The summed E-state index contributed by atoms with van der Waals surface area (Å²) in [5.74, 6) is 0.530. The van der Waals surface area contributed by atoms with Crippen molar-refractivity contribution in [1.82, 2.24) is 0 Å². The molecule has 1 aromatic carbocycles. The zero-order chi connectivity index (χ0) is 14.5. The minimum absolute atomic E-state index is 0. The van der Waals surface area contributed by atoms with E-state index >= 15 is 0 Å². The van der Waals surface area contributed by atoms with E-state index in [0.717, 1.165) is 25.7 Å². The summed E-state index contributed by atoms with van der Waals surface area (Å²) in [5.41, 5.74) is 6.62. The number of nitrogens with two attached hydrogens (primary N) is 1. The first-order valence-corrected chi connectivity index (χ1v) is 7.48. The van der Waals surface area contributed by atoms with E-state index in [2.05, 4.69) is 5.32 Å². The fraction of sp³-hybridized carbons (Fsp3) is 0.533. The van der Waals surface area contributed by atoms with Crippen LogP contribution in [0.2, 0.25) is 5.02 Å². The van der Waals surface area contributed by atoms with E-state index < -0.39 is 0 Å². The summed E-state index contributed by atoms with van der Waals surface area (Å²) in [6, 6.07) is 5.26. The van der Waals surface area contributed by atoms with Gasteiger partial charge >= 0.3 is 0 Å². The average Bonchev–Trinajstić information content (AvgIpc) is 2.84. The maximum atomic E-state index is 12.1. The third-order valence-corrected chi connectivity index (χ3v) is 3.86. The average molecular weight is 333 g/mol. The number of carbonyl (C=O) groups excluding carboxylic acids is 1. The van der Waals surface area contributed by atoms with Gasteiger partial charge in [0.15, 0.2) is 0 Å². The van der Waals surface area contributed by atoms with Crippen LogP contribution in [0.1, 0.15) is 32.6 Å². The molecular formula is C15H22Cl2N2O2. The number of ether oxygens (including phenoxy) is 1. The van der Waals surface area contributed by atoms with Crippen molar-refractivity contribution in [2.45, 2.75) is 38.6 Å². The predicted octanol–water partition coefficient (Wildman–Crippen LogP) is 3.62. The highest BCUT2D eigenvalue weighted by Gasteiger charge is 2.30. The summed E-state index contributed by atoms with van der Waals surface area (Å²) in [6.45, 7) is 2.66. The molecule has 118 valence electrons. The molecular weight excluding hydrogens is 311 g/mol. The van der Waals surface area contributed by atoms with Crippen LogP contribution < -0.4 is 15.8 Å². The molecule has 1 aliphatic rings. The second kappa shape index (κ2) is 8.47. The number of benzene rings is 1. The molecule has 2 rings (SSSR count). The summed E-state index contributed by atoms with van der Waals surface area (Å²) in [5, 5.41) is 3.39. The molecule has 0 aromatic heterocycles. The molecule has 0 radical (unpaired) electrons. The summed E-state index contributed by atoms with van der Waals surface area (Å²) in [7, 11) is 0. The fourth-order valence-electron chi connectivity index (χ4n) is 2.46. The summed E-state index contributed by atoms with van der Waals surface area (Å²) in [6.07, 6.45) is 3.72. The Kier molecular flexibility index (Phi) is 7.29. The summed E-state index contributed by atoms with van der Waals surface area (Å²) >= 11 is 6.14. The molecule has 1 aromatic rings. The topological polar surface area (TPSA) is 64.3 Å². The van der Waals surface area contributed by atoms with Crippen LogP contribution in [0.5, 0.6) is 5.75 Å². The lowest BCUT2D eigenvalue weighted by Gasteiger charge is -2.16. The normalized spacial score (nSPS) is 20.7. The van der Waals surface area contributed by atoms with E-state index in [1.807, 2.05) is 6.92 Å². The van der Waals surface area contributed by atoms with E-state index in [9.17, 15) is 4.79 Å². The molecule has 1 fully saturated rings. The molecule has 3 N–H and O–H groups in total. The zero-order valence-corrected chi connectivity index (χ0v) is 13.7. The molecule has 21 heavy (non-hydrogen) atoms. The number of hydrogen-bond donors (Lipinski definition) is 2. The van der Waals surface area contributed by atoms with E-state index in [4.69, 9.17) is 22.1 Å². The van der Waals surface area contributed by atoms with Crippen LogP contribution in [-0.4, -0.2) is 18.6 Å².